The van der Waals surface area contributed by atoms with Gasteiger partial charge in [-0.3, -0.25) is 18.7 Å². The van der Waals surface area contributed by atoms with E-state index < -0.39 is 17.2 Å². The zero-order valence-electron chi connectivity index (χ0n) is 17.3. The van der Waals surface area contributed by atoms with Gasteiger partial charge in [0.25, 0.3) is 6.47 Å². The number of benzene rings is 1. The number of rotatable bonds is 14. The van der Waals surface area contributed by atoms with Gasteiger partial charge in [0.1, 0.15) is 6.54 Å². The Morgan fingerprint density at radius 1 is 1.15 bits per heavy atom. The normalized spacial score (nSPS) is 11.9. The molecular formula is C18H21N8O6S-. The first-order chi connectivity index (χ1) is 15.9. The molecule has 3 aromatic rings. The van der Waals surface area contributed by atoms with E-state index in [4.69, 9.17) is 5.11 Å². The highest BCUT2D eigenvalue weighted by molar-refractivity contribution is 7.80. The number of anilines is 1. The molecule has 2 heterocycles. The van der Waals surface area contributed by atoms with Crippen molar-refractivity contribution in [2.75, 3.05) is 11.3 Å². The first kappa shape index (κ1) is 24.0. The molecule has 33 heavy (non-hydrogen) atoms. The van der Waals surface area contributed by atoms with Gasteiger partial charge in [-0.2, -0.15) is 0 Å². The third-order valence-electron chi connectivity index (χ3n) is 4.39. The first-order valence-corrected chi connectivity index (χ1v) is 10.7. The summed E-state index contributed by atoms with van der Waals surface area (Å²) < 4.78 is 31.1. The molecule has 0 bridgehead atoms. The number of ether oxygens (including phenoxy) is 1. The van der Waals surface area contributed by atoms with E-state index in [0.717, 1.165) is 5.56 Å². The summed E-state index contributed by atoms with van der Waals surface area (Å²) >= 11 is -2.38. The fourth-order valence-electron chi connectivity index (χ4n) is 3.00. The second kappa shape index (κ2) is 11.8. The Morgan fingerprint density at radius 3 is 2.39 bits per heavy atom. The Balaban J connectivity index is 1.66. The Labute approximate surface area is 190 Å². The summed E-state index contributed by atoms with van der Waals surface area (Å²) in [7, 11) is 0. The Bertz CT molecular complexity index is 1090. The minimum absolute atomic E-state index is 0.0471. The summed E-state index contributed by atoms with van der Waals surface area (Å²) in [6.07, 6.45) is 3.87. The molecule has 1 aromatic carbocycles. The highest BCUT2D eigenvalue weighted by atomic mass is 32.2. The third-order valence-corrected chi connectivity index (χ3v) is 4.79. The Hall–Kier alpha value is -3.69. The van der Waals surface area contributed by atoms with E-state index >= 15 is 0 Å². The van der Waals surface area contributed by atoms with Crippen LogP contribution in [0.2, 0.25) is 0 Å². The second-order valence-electron chi connectivity index (χ2n) is 6.94. The van der Waals surface area contributed by atoms with Crippen LogP contribution in [0.1, 0.15) is 17.0 Å². The molecule has 0 saturated heterocycles. The van der Waals surface area contributed by atoms with Gasteiger partial charge in [-0.15, -0.1) is 10.2 Å². The van der Waals surface area contributed by atoms with Crippen LogP contribution >= 0.6 is 0 Å². The highest BCUT2D eigenvalue weighted by Crippen LogP contribution is 2.13. The lowest BCUT2D eigenvalue weighted by atomic mass is 10.1. The van der Waals surface area contributed by atoms with Crippen molar-refractivity contribution >= 4 is 29.4 Å². The molecule has 0 aliphatic heterocycles. The maximum atomic E-state index is 10.9. The van der Waals surface area contributed by atoms with E-state index in [1.54, 1.807) is 24.5 Å². The molecule has 3 rings (SSSR count). The van der Waals surface area contributed by atoms with Gasteiger partial charge in [-0.25, -0.2) is 9.36 Å². The van der Waals surface area contributed by atoms with Gasteiger partial charge in [0.15, 0.2) is 6.73 Å². The Morgan fingerprint density at radius 2 is 1.79 bits per heavy atom. The molecule has 2 N–H and O–H groups in total. The largest absolute Gasteiger partial charge is 0.755 e. The van der Waals surface area contributed by atoms with Gasteiger partial charge in [0.2, 0.25) is 0 Å². The molecule has 0 radical (unpaired) electrons. The van der Waals surface area contributed by atoms with Crippen molar-refractivity contribution in [2.24, 2.45) is 0 Å². The third kappa shape index (κ3) is 8.06. The van der Waals surface area contributed by atoms with E-state index in [9.17, 15) is 18.4 Å². The van der Waals surface area contributed by atoms with Crippen molar-refractivity contribution in [3.8, 4) is 0 Å². The van der Waals surface area contributed by atoms with Crippen LogP contribution in [0.4, 0.5) is 5.69 Å². The molecule has 15 heteroatoms. The molecule has 0 amide bonds. The van der Waals surface area contributed by atoms with Crippen LogP contribution in [0.15, 0.2) is 36.7 Å². The van der Waals surface area contributed by atoms with Gasteiger partial charge < -0.3 is 19.1 Å². The molecule has 176 valence electrons. The molecule has 0 fully saturated rings. The predicted molar refractivity (Wildman–Crippen MR) is 112 cm³/mol. The van der Waals surface area contributed by atoms with Crippen LogP contribution < -0.4 is 4.72 Å². The average molecular weight is 477 g/mol. The predicted octanol–water partition coefficient (Wildman–Crippen LogP) is -0.464. The van der Waals surface area contributed by atoms with Gasteiger partial charge in [0, 0.05) is 36.6 Å². The minimum Gasteiger partial charge on any atom is -0.755 e. The zero-order chi connectivity index (χ0) is 23.6. The quantitative estimate of drug-likeness (QED) is 0.226. The summed E-state index contributed by atoms with van der Waals surface area (Å²) in [5, 5.41) is 24.7. The number of carbonyl (C=O) groups excluding carboxylic acids is 1. The van der Waals surface area contributed by atoms with Crippen molar-refractivity contribution in [1.82, 2.24) is 34.9 Å². The SMILES string of the molecule is O=COCn1cc(CN(CCc2ccc(NS(=O)[O-])cc2)Cc2cn(CC(=O)O)nn2)nn1. The molecular weight excluding hydrogens is 456 g/mol. The molecule has 0 saturated carbocycles. The average Bonchev–Trinajstić information content (AvgIpc) is 3.40. The van der Waals surface area contributed by atoms with Gasteiger partial charge in [-0.05, 0) is 24.1 Å². The molecule has 0 aliphatic rings. The molecule has 1 atom stereocenters. The van der Waals surface area contributed by atoms with Crippen molar-refractivity contribution in [1.29, 1.82) is 0 Å². The van der Waals surface area contributed by atoms with Crippen molar-refractivity contribution < 1.29 is 28.2 Å². The number of aromatic nitrogens is 6. The zero-order valence-corrected chi connectivity index (χ0v) is 18.1. The van der Waals surface area contributed by atoms with E-state index in [-0.39, 0.29) is 13.3 Å². The van der Waals surface area contributed by atoms with Crippen LogP contribution in [0.25, 0.3) is 0 Å². The lowest BCUT2D eigenvalue weighted by molar-refractivity contribution is -0.138. The molecule has 1 unspecified atom stereocenters. The smallest absolute Gasteiger partial charge is 0.325 e. The van der Waals surface area contributed by atoms with Gasteiger partial charge >= 0.3 is 5.97 Å². The van der Waals surface area contributed by atoms with Crippen molar-refractivity contribution in [2.45, 2.75) is 32.8 Å². The minimum atomic E-state index is -2.38. The monoisotopic (exact) mass is 477 g/mol. The van der Waals surface area contributed by atoms with Crippen LogP contribution in [0, 0.1) is 0 Å². The standard InChI is InChI=1S/C18H22N8O6S/c27-13-32-12-26-10-17(20-23-26)8-24(7-16-9-25(22-19-16)11-18(28)29)6-5-14-1-3-15(4-2-14)21-33(30)31/h1-4,9-10,13,21H,5-8,11-12H2,(H,28,29)(H,30,31)/p-1. The van der Waals surface area contributed by atoms with E-state index in [0.29, 0.717) is 49.6 Å². The topological polar surface area (TPSA) is 180 Å². The molecule has 0 spiro atoms. The van der Waals surface area contributed by atoms with Crippen LogP contribution in [-0.4, -0.2) is 67.7 Å². The summed E-state index contributed by atoms with van der Waals surface area (Å²) in [5.41, 5.74) is 2.68. The fraction of sp³-hybridized carbons (Fsp3) is 0.333. The molecule has 2 aromatic heterocycles. The first-order valence-electron chi connectivity index (χ1n) is 9.63. The number of nitrogens with zero attached hydrogens (tertiary/aromatic N) is 7. The number of aliphatic carboxylic acids is 1. The summed E-state index contributed by atoms with van der Waals surface area (Å²) in [6, 6.07) is 6.99. The summed E-state index contributed by atoms with van der Waals surface area (Å²) in [6.45, 7) is 1.36. The number of carboxylic acid groups (broad SMARTS) is 1. The second-order valence-corrected chi connectivity index (χ2v) is 7.61. The van der Waals surface area contributed by atoms with E-state index in [1.807, 2.05) is 17.0 Å². The number of hydrogen-bond donors (Lipinski definition) is 2. The maximum absolute atomic E-state index is 10.9. The van der Waals surface area contributed by atoms with Crippen molar-refractivity contribution in [3.63, 3.8) is 0 Å². The summed E-state index contributed by atoms with van der Waals surface area (Å²) in [5.74, 6) is -1.02. The molecule has 14 nitrogen and oxygen atoms in total. The van der Waals surface area contributed by atoms with Gasteiger partial charge in [0.05, 0.1) is 23.8 Å². The van der Waals surface area contributed by atoms with Crippen molar-refractivity contribution in [3.05, 3.63) is 53.6 Å². The lowest BCUT2D eigenvalue weighted by Crippen LogP contribution is -2.26. The van der Waals surface area contributed by atoms with Crippen LogP contribution in [0.3, 0.4) is 0 Å². The highest BCUT2D eigenvalue weighted by Gasteiger charge is 2.13. The summed E-state index contributed by atoms with van der Waals surface area (Å²) in [4.78, 5) is 23.3. The number of carboxylic acids is 1. The number of nitrogens with one attached hydrogen (secondary N) is 1. The molecule has 0 aliphatic carbocycles. The van der Waals surface area contributed by atoms with Crippen LogP contribution in [0.5, 0.6) is 0 Å². The van der Waals surface area contributed by atoms with E-state index in [2.05, 4.69) is 30.1 Å². The maximum Gasteiger partial charge on any atom is 0.325 e. The lowest BCUT2D eigenvalue weighted by Gasteiger charge is -2.20. The van der Waals surface area contributed by atoms with Crippen LogP contribution in [-0.2, 0) is 58.4 Å². The number of hydrogen-bond acceptors (Lipinski definition) is 10. The Kier molecular flexibility index (Phi) is 8.56. The van der Waals surface area contributed by atoms with Gasteiger partial charge in [-0.1, -0.05) is 22.6 Å². The van der Waals surface area contributed by atoms with E-state index in [1.165, 1.54) is 9.36 Å². The fourth-order valence-corrected chi connectivity index (χ4v) is 3.33. The number of carbonyl (C=O) groups is 2.